The average molecular weight is 398 g/mol. The molecule has 1 unspecified atom stereocenters. The number of rotatable bonds is 5. The molecule has 0 spiro atoms. The molecule has 1 aliphatic rings. The first-order valence-corrected chi connectivity index (χ1v) is 10.2. The molecule has 3 N–H and O–H groups in total. The molecule has 0 bridgehead atoms. The number of carbonyl (C=O) groups excluding carboxylic acids is 1. The highest BCUT2D eigenvalue weighted by Gasteiger charge is 2.27. The molecule has 1 atom stereocenters. The van der Waals surface area contributed by atoms with Crippen molar-refractivity contribution in [3.05, 3.63) is 46.8 Å². The first kappa shape index (κ1) is 18.6. The summed E-state index contributed by atoms with van der Waals surface area (Å²) in [6.07, 6.45) is 3.12. The largest absolute Gasteiger partial charge is 0.477 e. The van der Waals surface area contributed by atoms with Gasteiger partial charge in [0.2, 0.25) is 0 Å². The number of nitrogens with zero attached hydrogens (tertiary/aromatic N) is 2. The van der Waals surface area contributed by atoms with E-state index in [0.717, 1.165) is 43.7 Å². The summed E-state index contributed by atoms with van der Waals surface area (Å²) in [5.41, 5.74) is 0.596. The van der Waals surface area contributed by atoms with E-state index in [1.54, 1.807) is 23.1 Å². The number of aromatic carboxylic acids is 1. The van der Waals surface area contributed by atoms with Gasteiger partial charge in [-0.25, -0.2) is 4.79 Å². The summed E-state index contributed by atoms with van der Waals surface area (Å²) in [7, 11) is 0. The quantitative estimate of drug-likeness (QED) is 0.612. The molecule has 3 heterocycles. The van der Waals surface area contributed by atoms with E-state index >= 15 is 0 Å². The fourth-order valence-electron chi connectivity index (χ4n) is 3.65. The van der Waals surface area contributed by atoms with Gasteiger partial charge in [-0.2, -0.15) is 5.10 Å². The molecule has 0 radical (unpaired) electrons. The first-order chi connectivity index (χ1) is 13.6. The van der Waals surface area contributed by atoms with Crippen LogP contribution in [0.3, 0.4) is 0 Å². The van der Waals surface area contributed by atoms with Gasteiger partial charge in [0.05, 0.1) is 5.39 Å². The lowest BCUT2D eigenvalue weighted by Crippen LogP contribution is -2.36. The molecule has 2 aromatic heterocycles. The number of carboxylic acids is 1. The Kier molecular flexibility index (Phi) is 5.40. The van der Waals surface area contributed by atoms with Crippen molar-refractivity contribution in [3.8, 4) is 0 Å². The molecule has 8 heteroatoms. The van der Waals surface area contributed by atoms with E-state index in [1.807, 2.05) is 18.2 Å². The van der Waals surface area contributed by atoms with Gasteiger partial charge in [0.15, 0.2) is 5.82 Å². The van der Waals surface area contributed by atoms with Crippen molar-refractivity contribution >= 4 is 39.2 Å². The van der Waals surface area contributed by atoms with Crippen molar-refractivity contribution in [2.24, 2.45) is 5.92 Å². The summed E-state index contributed by atoms with van der Waals surface area (Å²) in [4.78, 5) is 27.3. The molecule has 1 saturated heterocycles. The van der Waals surface area contributed by atoms with Crippen LogP contribution in [-0.2, 0) is 0 Å². The first-order valence-electron chi connectivity index (χ1n) is 9.42. The van der Waals surface area contributed by atoms with E-state index in [4.69, 9.17) is 0 Å². The van der Waals surface area contributed by atoms with Crippen molar-refractivity contribution in [2.45, 2.75) is 19.3 Å². The zero-order valence-corrected chi connectivity index (χ0v) is 16.2. The zero-order chi connectivity index (χ0) is 19.5. The van der Waals surface area contributed by atoms with Crippen LogP contribution in [0, 0.1) is 5.92 Å². The van der Waals surface area contributed by atoms with Gasteiger partial charge in [0.25, 0.3) is 5.91 Å². The van der Waals surface area contributed by atoms with Gasteiger partial charge in [-0.05, 0) is 56.5 Å². The van der Waals surface area contributed by atoms with Gasteiger partial charge in [-0.3, -0.25) is 14.8 Å². The number of carbonyl (C=O) groups is 2. The fourth-order valence-corrected chi connectivity index (χ4v) is 4.48. The minimum absolute atomic E-state index is 0.116. The van der Waals surface area contributed by atoms with Crippen LogP contribution in [0.25, 0.3) is 10.2 Å². The Hall–Kier alpha value is -2.71. The predicted molar refractivity (Wildman–Crippen MR) is 109 cm³/mol. The van der Waals surface area contributed by atoms with Gasteiger partial charge < -0.3 is 10.4 Å². The lowest BCUT2D eigenvalue weighted by atomic mass is 9.99. The maximum Gasteiger partial charge on any atom is 0.345 e. The third-order valence-electron chi connectivity index (χ3n) is 5.10. The van der Waals surface area contributed by atoms with Gasteiger partial charge in [0, 0.05) is 12.1 Å². The van der Waals surface area contributed by atoms with E-state index in [1.165, 1.54) is 0 Å². The molecular weight excluding hydrogens is 376 g/mol. The molecule has 1 aromatic carbocycles. The van der Waals surface area contributed by atoms with Crippen LogP contribution in [0.2, 0.25) is 0 Å². The predicted octanol–water partition coefficient (Wildman–Crippen LogP) is 3.36. The van der Waals surface area contributed by atoms with Crippen LogP contribution in [0.5, 0.6) is 0 Å². The number of anilines is 1. The number of nitrogens with one attached hydrogen (secondary N) is 2. The van der Waals surface area contributed by atoms with Crippen molar-refractivity contribution in [1.82, 2.24) is 15.5 Å². The van der Waals surface area contributed by atoms with Crippen molar-refractivity contribution < 1.29 is 14.7 Å². The van der Waals surface area contributed by atoms with Crippen LogP contribution in [0.15, 0.2) is 36.4 Å². The van der Waals surface area contributed by atoms with Crippen LogP contribution >= 0.6 is 11.3 Å². The smallest absolute Gasteiger partial charge is 0.345 e. The Bertz CT molecular complexity index is 974. The number of hydrogen-bond acceptors (Lipinski definition) is 5. The van der Waals surface area contributed by atoms with Crippen molar-refractivity contribution in [2.75, 3.05) is 24.5 Å². The summed E-state index contributed by atoms with van der Waals surface area (Å²) in [6.45, 7) is 2.51. The minimum Gasteiger partial charge on any atom is -0.477 e. The molecule has 28 heavy (non-hydrogen) atoms. The van der Waals surface area contributed by atoms with Gasteiger partial charge in [-0.15, -0.1) is 11.3 Å². The van der Waals surface area contributed by atoms with E-state index in [2.05, 4.69) is 15.5 Å². The number of carboxylic acid groups (broad SMARTS) is 1. The number of fused-ring (bicyclic) bond motifs is 1. The summed E-state index contributed by atoms with van der Waals surface area (Å²) in [5, 5.41) is 20.7. The van der Waals surface area contributed by atoms with Crippen LogP contribution in [-0.4, -0.2) is 46.8 Å². The number of thiophene rings is 1. The van der Waals surface area contributed by atoms with Crippen LogP contribution < -0.4 is 10.2 Å². The van der Waals surface area contributed by atoms with E-state index < -0.39 is 5.97 Å². The number of benzene rings is 1. The maximum absolute atomic E-state index is 13.3. The third kappa shape index (κ3) is 3.79. The molecule has 7 nitrogen and oxygen atoms in total. The standard InChI is InChI=1S/C20H22N4O3S/c25-19(14-6-2-1-3-7-14)24(12-13-5-4-9-21-10-8-13)17-15-11-16(20(26)27)28-18(15)23-22-17/h1-3,6-7,11,13,21H,4-5,8-10,12H2,(H,22,23)(H,26,27). The number of H-pyrrole nitrogens is 1. The molecule has 1 amide bonds. The number of aromatic nitrogens is 2. The second-order valence-corrected chi connectivity index (χ2v) is 8.09. The summed E-state index contributed by atoms with van der Waals surface area (Å²) in [6, 6.07) is 10.8. The maximum atomic E-state index is 13.3. The monoisotopic (exact) mass is 398 g/mol. The molecule has 3 aromatic rings. The topological polar surface area (TPSA) is 98.3 Å². The Morgan fingerprint density at radius 3 is 2.82 bits per heavy atom. The van der Waals surface area contributed by atoms with Gasteiger partial charge in [-0.1, -0.05) is 18.2 Å². The SMILES string of the molecule is O=C(O)c1cc2c(N(CC3CCCNCC3)C(=O)c3ccccc3)n[nH]c2s1. The molecule has 146 valence electrons. The van der Waals surface area contributed by atoms with E-state index in [-0.39, 0.29) is 10.8 Å². The highest BCUT2D eigenvalue weighted by Crippen LogP contribution is 2.33. The second kappa shape index (κ2) is 8.12. The lowest BCUT2D eigenvalue weighted by Gasteiger charge is -2.25. The number of hydrogen-bond donors (Lipinski definition) is 3. The lowest BCUT2D eigenvalue weighted by molar-refractivity contribution is 0.0702. The van der Waals surface area contributed by atoms with Gasteiger partial charge >= 0.3 is 5.97 Å². The van der Waals surface area contributed by atoms with Crippen molar-refractivity contribution in [1.29, 1.82) is 0 Å². The Morgan fingerprint density at radius 2 is 2.04 bits per heavy atom. The summed E-state index contributed by atoms with van der Waals surface area (Å²) >= 11 is 1.13. The molecule has 0 saturated carbocycles. The number of aromatic amines is 1. The normalized spacial score (nSPS) is 17.4. The van der Waals surface area contributed by atoms with Crippen LogP contribution in [0.4, 0.5) is 5.82 Å². The highest BCUT2D eigenvalue weighted by atomic mass is 32.1. The summed E-state index contributed by atoms with van der Waals surface area (Å²) in [5.74, 6) is -0.220. The van der Waals surface area contributed by atoms with Crippen molar-refractivity contribution in [3.63, 3.8) is 0 Å². The molecule has 1 fully saturated rings. The Morgan fingerprint density at radius 1 is 1.21 bits per heavy atom. The molecule has 4 rings (SSSR count). The van der Waals surface area contributed by atoms with E-state index in [9.17, 15) is 14.7 Å². The Labute approximate surface area is 166 Å². The highest BCUT2D eigenvalue weighted by molar-refractivity contribution is 7.20. The average Bonchev–Trinajstić information content (AvgIpc) is 3.19. The van der Waals surface area contributed by atoms with Gasteiger partial charge in [0.1, 0.15) is 9.71 Å². The second-order valence-electron chi connectivity index (χ2n) is 7.03. The minimum atomic E-state index is -0.976. The fraction of sp³-hybridized carbons (Fsp3) is 0.350. The third-order valence-corrected chi connectivity index (χ3v) is 6.13. The Balaban J connectivity index is 1.71. The molecule has 1 aliphatic heterocycles. The summed E-state index contributed by atoms with van der Waals surface area (Å²) < 4.78 is 0. The van der Waals surface area contributed by atoms with Crippen LogP contribution in [0.1, 0.15) is 39.3 Å². The molecule has 0 aliphatic carbocycles. The number of amides is 1. The zero-order valence-electron chi connectivity index (χ0n) is 15.4. The van der Waals surface area contributed by atoms with E-state index in [0.29, 0.717) is 34.1 Å². The molecular formula is C20H22N4O3S.